The summed E-state index contributed by atoms with van der Waals surface area (Å²) in [6.07, 6.45) is 3.49. The van der Waals surface area contributed by atoms with Crippen LogP contribution in [0.4, 0.5) is 11.4 Å². The van der Waals surface area contributed by atoms with E-state index in [0.29, 0.717) is 17.8 Å². The Morgan fingerprint density at radius 2 is 1.74 bits per heavy atom. The van der Waals surface area contributed by atoms with Crippen molar-refractivity contribution in [2.24, 2.45) is 0 Å². The van der Waals surface area contributed by atoms with Gasteiger partial charge < -0.3 is 20.9 Å². The maximum Gasteiger partial charge on any atom is 0.258 e. The third-order valence-electron chi connectivity index (χ3n) is 5.65. The summed E-state index contributed by atoms with van der Waals surface area (Å²) in [5.74, 6) is -0.231. The fraction of sp³-hybridized carbons (Fsp3) is 0.0741. The highest BCUT2D eigenvalue weighted by molar-refractivity contribution is 6.37. The first-order chi connectivity index (χ1) is 16.6. The normalized spacial score (nSPS) is 13.7. The molecule has 7 nitrogen and oxygen atoms in total. The Hall–Kier alpha value is -4.65. The zero-order chi connectivity index (χ0) is 23.5. The minimum Gasteiger partial charge on any atom is -0.354 e. The molecule has 2 heterocycles. The lowest BCUT2D eigenvalue weighted by atomic mass is 9.99. The van der Waals surface area contributed by atoms with E-state index in [0.717, 1.165) is 39.3 Å². The van der Waals surface area contributed by atoms with Gasteiger partial charge >= 0.3 is 0 Å². The average Bonchev–Trinajstić information content (AvgIpc) is 3.50. The van der Waals surface area contributed by atoms with Gasteiger partial charge in [0.05, 0.1) is 23.3 Å². The first-order valence-electron chi connectivity index (χ1n) is 10.9. The predicted molar refractivity (Wildman–Crippen MR) is 133 cm³/mol. The first kappa shape index (κ1) is 21.2. The number of nitrogens with one attached hydrogen (secondary N) is 4. The van der Waals surface area contributed by atoms with E-state index in [-0.39, 0.29) is 11.8 Å². The van der Waals surface area contributed by atoms with Gasteiger partial charge in [0.15, 0.2) is 0 Å². The summed E-state index contributed by atoms with van der Waals surface area (Å²) in [6, 6.07) is 23.4. The molecule has 0 bridgehead atoms. The van der Waals surface area contributed by atoms with Crippen molar-refractivity contribution in [2.45, 2.75) is 13.5 Å². The Morgan fingerprint density at radius 1 is 0.971 bits per heavy atom. The van der Waals surface area contributed by atoms with Crippen molar-refractivity contribution in [1.29, 1.82) is 0 Å². The van der Waals surface area contributed by atoms with Gasteiger partial charge in [-0.3, -0.25) is 9.59 Å². The highest BCUT2D eigenvalue weighted by Crippen LogP contribution is 2.37. The molecule has 3 aromatic carbocycles. The molecule has 34 heavy (non-hydrogen) atoms. The van der Waals surface area contributed by atoms with Gasteiger partial charge in [0.1, 0.15) is 0 Å². The van der Waals surface area contributed by atoms with Gasteiger partial charge in [-0.15, -0.1) is 0 Å². The Labute approximate surface area is 196 Å². The highest BCUT2D eigenvalue weighted by Gasteiger charge is 2.28. The molecule has 0 radical (unpaired) electrons. The van der Waals surface area contributed by atoms with E-state index in [1.165, 1.54) is 6.92 Å². The van der Waals surface area contributed by atoms with Crippen LogP contribution in [0, 0.1) is 0 Å². The number of anilines is 2. The van der Waals surface area contributed by atoms with Crippen LogP contribution < -0.4 is 16.0 Å². The number of hydrogen-bond acceptors (Lipinski definition) is 4. The summed E-state index contributed by atoms with van der Waals surface area (Å²) < 4.78 is 0. The number of carbonyl (C=O) groups excluding carboxylic acids is 2. The van der Waals surface area contributed by atoms with Gasteiger partial charge in [-0.25, -0.2) is 4.98 Å². The van der Waals surface area contributed by atoms with E-state index in [4.69, 9.17) is 0 Å². The molecule has 1 aromatic heterocycles. The summed E-state index contributed by atoms with van der Waals surface area (Å²) in [5.41, 5.74) is 7.48. The van der Waals surface area contributed by atoms with Crippen LogP contribution in [0.3, 0.4) is 0 Å². The van der Waals surface area contributed by atoms with E-state index < -0.39 is 0 Å². The molecule has 0 unspecified atom stereocenters. The lowest BCUT2D eigenvalue weighted by molar-refractivity contribution is -0.119. The molecule has 5 rings (SSSR count). The molecular formula is C27H23N5O2. The molecule has 7 heteroatoms. The maximum atomic E-state index is 13.0. The van der Waals surface area contributed by atoms with Gasteiger partial charge in [0.2, 0.25) is 5.91 Å². The summed E-state index contributed by atoms with van der Waals surface area (Å²) in [6.45, 7) is 1.95. The summed E-state index contributed by atoms with van der Waals surface area (Å²) in [7, 11) is 0. The fourth-order valence-electron chi connectivity index (χ4n) is 3.95. The lowest BCUT2D eigenvalue weighted by Gasteiger charge is -2.16. The lowest BCUT2D eigenvalue weighted by Crippen LogP contribution is -2.18. The Morgan fingerprint density at radius 3 is 2.44 bits per heavy atom. The average molecular weight is 450 g/mol. The molecule has 1 aliphatic heterocycles. The molecule has 0 saturated heterocycles. The number of benzene rings is 3. The molecule has 0 aliphatic carbocycles. The standard InChI is InChI=1S/C27H23N5O2/c1-17(33)29-14-18-6-8-20(9-7-18)26(25-22-4-2-3-5-23(22)32-27(25)34)31-21-12-10-19(11-13-21)24-15-28-16-30-24/h2-13,15-16,31H,14H2,1H3,(H,28,30)(H,29,33)(H,32,34)/b26-25-. The molecule has 4 N–H and O–H groups in total. The van der Waals surface area contributed by atoms with Crippen molar-refractivity contribution in [3.63, 3.8) is 0 Å². The zero-order valence-electron chi connectivity index (χ0n) is 18.6. The van der Waals surface area contributed by atoms with E-state index in [2.05, 4.69) is 25.9 Å². The Balaban J connectivity index is 1.53. The molecule has 0 saturated carbocycles. The van der Waals surface area contributed by atoms with Crippen LogP contribution in [-0.2, 0) is 16.1 Å². The number of amides is 2. The van der Waals surface area contributed by atoms with Gasteiger partial charge in [0, 0.05) is 42.2 Å². The second-order valence-electron chi connectivity index (χ2n) is 8.01. The number of H-pyrrole nitrogens is 1. The van der Waals surface area contributed by atoms with Crippen molar-refractivity contribution >= 4 is 34.5 Å². The van der Waals surface area contributed by atoms with Gasteiger partial charge in [-0.2, -0.15) is 0 Å². The summed E-state index contributed by atoms with van der Waals surface area (Å²) in [5, 5.41) is 9.24. The van der Waals surface area contributed by atoms with Crippen LogP contribution >= 0.6 is 0 Å². The number of aromatic amines is 1. The smallest absolute Gasteiger partial charge is 0.258 e. The van der Waals surface area contributed by atoms with Gasteiger partial charge in [-0.05, 0) is 29.3 Å². The van der Waals surface area contributed by atoms with Crippen molar-refractivity contribution in [3.8, 4) is 11.3 Å². The van der Waals surface area contributed by atoms with Crippen molar-refractivity contribution < 1.29 is 9.59 Å². The number of imidazole rings is 1. The predicted octanol–water partition coefficient (Wildman–Crippen LogP) is 4.65. The van der Waals surface area contributed by atoms with E-state index in [1.54, 1.807) is 6.33 Å². The number of aromatic nitrogens is 2. The number of para-hydroxylation sites is 1. The number of fused-ring (bicyclic) bond motifs is 1. The summed E-state index contributed by atoms with van der Waals surface area (Å²) in [4.78, 5) is 31.5. The molecule has 0 atom stereocenters. The molecular weight excluding hydrogens is 426 g/mol. The van der Waals surface area contributed by atoms with Crippen LogP contribution in [0.1, 0.15) is 23.6 Å². The van der Waals surface area contributed by atoms with Crippen molar-refractivity contribution in [3.05, 3.63) is 102 Å². The largest absolute Gasteiger partial charge is 0.354 e. The minimum absolute atomic E-state index is 0.0777. The Kier molecular flexibility index (Phi) is 5.66. The minimum atomic E-state index is -0.154. The SMILES string of the molecule is CC(=O)NCc1ccc(/C(Nc2ccc(-c3c[nH]cn3)cc2)=C2/C(=O)Nc3ccccc32)cc1. The third kappa shape index (κ3) is 4.31. The topological polar surface area (TPSA) is 98.9 Å². The fourth-order valence-corrected chi connectivity index (χ4v) is 3.95. The van der Waals surface area contributed by atoms with E-state index >= 15 is 0 Å². The number of carbonyl (C=O) groups is 2. The molecule has 168 valence electrons. The second kappa shape index (κ2) is 9.07. The second-order valence-corrected chi connectivity index (χ2v) is 8.01. The molecule has 4 aromatic rings. The Bertz CT molecular complexity index is 1370. The van der Waals surface area contributed by atoms with Crippen LogP contribution in [0.2, 0.25) is 0 Å². The number of rotatable bonds is 6. The molecule has 0 spiro atoms. The maximum absolute atomic E-state index is 13.0. The highest BCUT2D eigenvalue weighted by atomic mass is 16.2. The van der Waals surface area contributed by atoms with Crippen molar-refractivity contribution in [2.75, 3.05) is 10.6 Å². The van der Waals surface area contributed by atoms with Crippen molar-refractivity contribution in [1.82, 2.24) is 15.3 Å². The zero-order valence-corrected chi connectivity index (χ0v) is 18.6. The molecule has 1 aliphatic rings. The van der Waals surface area contributed by atoms with Crippen LogP contribution in [0.5, 0.6) is 0 Å². The molecule has 0 fully saturated rings. The van der Waals surface area contributed by atoms with Gasteiger partial charge in [-0.1, -0.05) is 54.6 Å². The third-order valence-corrected chi connectivity index (χ3v) is 5.65. The van der Waals surface area contributed by atoms with E-state index in [9.17, 15) is 9.59 Å². The monoisotopic (exact) mass is 449 g/mol. The quantitative estimate of drug-likeness (QED) is 0.322. The summed E-state index contributed by atoms with van der Waals surface area (Å²) >= 11 is 0. The molecule has 2 amide bonds. The van der Waals surface area contributed by atoms with Crippen LogP contribution in [0.15, 0.2) is 85.3 Å². The van der Waals surface area contributed by atoms with Gasteiger partial charge in [0.25, 0.3) is 5.91 Å². The van der Waals surface area contributed by atoms with Crippen LogP contribution in [-0.4, -0.2) is 21.8 Å². The first-order valence-corrected chi connectivity index (χ1v) is 10.9. The number of nitrogens with zero attached hydrogens (tertiary/aromatic N) is 1. The van der Waals surface area contributed by atoms with E-state index in [1.807, 2.05) is 79.0 Å². The van der Waals surface area contributed by atoms with Crippen LogP contribution in [0.25, 0.3) is 22.5 Å². The number of hydrogen-bond donors (Lipinski definition) is 4.